The van der Waals surface area contributed by atoms with Crippen LogP contribution in [-0.4, -0.2) is 57.7 Å². The van der Waals surface area contributed by atoms with Gasteiger partial charge in [0.15, 0.2) is 0 Å². The standard InChI is InChI=1S/C23H21ClFN5O7S2/c1-36-22-18(29-39(34,35)20-5-4-16(25)10-17(20)24)9-15(11-27-22)14-3-6-21-26-12-19(23(31)30(21)13-14)37-8-7-28-38(2,32)33/h3-6,9-13,28-29H,7-8H2,1-2H3. The zero-order valence-corrected chi connectivity index (χ0v) is 22.8. The monoisotopic (exact) mass is 597 g/mol. The number of aromatic nitrogens is 3. The number of nitrogens with one attached hydrogen (secondary N) is 2. The molecule has 0 spiro atoms. The lowest BCUT2D eigenvalue weighted by Gasteiger charge is -2.14. The Bertz CT molecular complexity index is 1830. The van der Waals surface area contributed by atoms with Crippen molar-refractivity contribution < 1.29 is 30.7 Å². The van der Waals surface area contributed by atoms with Gasteiger partial charge in [0.2, 0.25) is 21.7 Å². The molecule has 0 saturated heterocycles. The second-order valence-electron chi connectivity index (χ2n) is 8.05. The molecule has 0 saturated carbocycles. The quantitative estimate of drug-likeness (QED) is 0.262. The highest BCUT2D eigenvalue weighted by Crippen LogP contribution is 2.31. The summed E-state index contributed by atoms with van der Waals surface area (Å²) in [6.45, 7) is -0.139. The maximum Gasteiger partial charge on any atom is 0.300 e. The van der Waals surface area contributed by atoms with Gasteiger partial charge in [-0.1, -0.05) is 11.6 Å². The van der Waals surface area contributed by atoms with E-state index in [1.165, 1.54) is 36.2 Å². The topological polar surface area (TPSA) is 158 Å². The number of hydrogen-bond donors (Lipinski definition) is 2. The number of rotatable bonds is 10. The van der Waals surface area contributed by atoms with E-state index in [9.17, 15) is 26.0 Å². The molecule has 1 aromatic carbocycles. The summed E-state index contributed by atoms with van der Waals surface area (Å²) in [6, 6.07) is 7.53. The van der Waals surface area contributed by atoms with E-state index in [0.29, 0.717) is 16.8 Å². The molecule has 0 amide bonds. The summed E-state index contributed by atoms with van der Waals surface area (Å²) in [5.41, 5.74) is 0.610. The normalized spacial score (nSPS) is 11.9. The van der Waals surface area contributed by atoms with Crippen LogP contribution in [0, 0.1) is 5.82 Å². The maximum atomic E-state index is 13.4. The van der Waals surface area contributed by atoms with Crippen molar-refractivity contribution >= 4 is 43.0 Å². The van der Waals surface area contributed by atoms with Crippen LogP contribution in [0.2, 0.25) is 5.02 Å². The summed E-state index contributed by atoms with van der Waals surface area (Å²) in [6.07, 6.45) is 5.12. The molecule has 0 aliphatic carbocycles. The Morgan fingerprint density at radius 2 is 1.82 bits per heavy atom. The van der Waals surface area contributed by atoms with Gasteiger partial charge in [0.05, 0.1) is 24.6 Å². The Morgan fingerprint density at radius 1 is 1.05 bits per heavy atom. The number of nitrogens with zero attached hydrogens (tertiary/aromatic N) is 3. The lowest BCUT2D eigenvalue weighted by atomic mass is 10.1. The average molecular weight is 598 g/mol. The summed E-state index contributed by atoms with van der Waals surface area (Å²) >= 11 is 5.94. The molecular weight excluding hydrogens is 577 g/mol. The molecule has 12 nitrogen and oxygen atoms in total. The first-order valence-electron chi connectivity index (χ1n) is 11.0. The fraction of sp³-hybridized carbons (Fsp3) is 0.174. The van der Waals surface area contributed by atoms with Crippen molar-refractivity contribution in [3.63, 3.8) is 0 Å². The third kappa shape index (κ3) is 6.62. The van der Waals surface area contributed by atoms with Crippen LogP contribution in [0.25, 0.3) is 16.8 Å². The summed E-state index contributed by atoms with van der Waals surface area (Å²) < 4.78 is 78.1. The number of anilines is 1. The third-order valence-corrected chi connectivity index (χ3v) is 7.78. The van der Waals surface area contributed by atoms with E-state index in [1.54, 1.807) is 12.1 Å². The van der Waals surface area contributed by atoms with E-state index in [4.69, 9.17) is 21.1 Å². The van der Waals surface area contributed by atoms with Crippen LogP contribution in [0.1, 0.15) is 0 Å². The second kappa shape index (κ2) is 11.1. The van der Waals surface area contributed by atoms with Crippen molar-refractivity contribution in [2.75, 3.05) is 31.2 Å². The molecular formula is C23H21ClFN5O7S2. The van der Waals surface area contributed by atoms with Crippen molar-refractivity contribution in [3.05, 3.63) is 76.2 Å². The number of benzene rings is 1. The van der Waals surface area contributed by atoms with Gasteiger partial charge in [-0.2, -0.15) is 0 Å². The van der Waals surface area contributed by atoms with Gasteiger partial charge in [0.25, 0.3) is 15.6 Å². The molecule has 3 aromatic heterocycles. The number of pyridine rings is 2. The highest BCUT2D eigenvalue weighted by Gasteiger charge is 2.21. The molecule has 206 valence electrons. The lowest BCUT2D eigenvalue weighted by Crippen LogP contribution is -2.28. The fourth-order valence-electron chi connectivity index (χ4n) is 3.46. The highest BCUT2D eigenvalue weighted by molar-refractivity contribution is 7.92. The van der Waals surface area contributed by atoms with E-state index in [0.717, 1.165) is 24.5 Å². The van der Waals surface area contributed by atoms with Crippen molar-refractivity contribution in [1.82, 2.24) is 19.1 Å². The predicted molar refractivity (Wildman–Crippen MR) is 142 cm³/mol. The average Bonchev–Trinajstić information content (AvgIpc) is 2.86. The minimum absolute atomic E-state index is 0.0311. The number of fused-ring (bicyclic) bond motifs is 1. The van der Waals surface area contributed by atoms with Crippen LogP contribution >= 0.6 is 11.6 Å². The van der Waals surface area contributed by atoms with Crippen LogP contribution in [0.3, 0.4) is 0 Å². The Hall–Kier alpha value is -3.79. The molecule has 0 bridgehead atoms. The van der Waals surface area contributed by atoms with Gasteiger partial charge in [0, 0.05) is 30.1 Å². The van der Waals surface area contributed by atoms with E-state index >= 15 is 0 Å². The van der Waals surface area contributed by atoms with E-state index in [2.05, 4.69) is 19.4 Å². The van der Waals surface area contributed by atoms with Crippen molar-refractivity contribution in [2.45, 2.75) is 4.90 Å². The largest absolute Gasteiger partial charge is 0.485 e. The van der Waals surface area contributed by atoms with Crippen LogP contribution in [0.15, 0.2) is 64.7 Å². The third-order valence-electron chi connectivity index (χ3n) is 5.20. The number of ether oxygens (including phenoxy) is 2. The number of hydrogen-bond acceptors (Lipinski definition) is 9. The van der Waals surface area contributed by atoms with Crippen molar-refractivity contribution in [1.29, 1.82) is 0 Å². The zero-order chi connectivity index (χ0) is 28.4. The first kappa shape index (κ1) is 28.2. The van der Waals surface area contributed by atoms with Crippen LogP contribution in [-0.2, 0) is 20.0 Å². The van der Waals surface area contributed by atoms with Gasteiger partial charge in [0.1, 0.15) is 28.7 Å². The fourth-order valence-corrected chi connectivity index (χ4v) is 5.49. The number of sulfonamides is 2. The Labute approximate surface area is 227 Å². The van der Waals surface area contributed by atoms with Crippen LogP contribution < -0.4 is 24.5 Å². The minimum Gasteiger partial charge on any atom is -0.485 e. The molecule has 0 fully saturated rings. The SMILES string of the molecule is COc1ncc(-c2ccc3ncc(OCCNS(C)(=O)=O)c(=O)n3c2)cc1NS(=O)(=O)c1ccc(F)cc1Cl. The Morgan fingerprint density at radius 3 is 2.51 bits per heavy atom. The molecule has 0 aliphatic rings. The molecule has 2 N–H and O–H groups in total. The van der Waals surface area contributed by atoms with E-state index in [1.807, 2.05) is 0 Å². The van der Waals surface area contributed by atoms with Gasteiger partial charge < -0.3 is 9.47 Å². The Balaban J connectivity index is 1.66. The minimum atomic E-state index is -4.25. The first-order valence-corrected chi connectivity index (χ1v) is 14.7. The highest BCUT2D eigenvalue weighted by atomic mass is 35.5. The second-order valence-corrected chi connectivity index (χ2v) is 11.9. The smallest absolute Gasteiger partial charge is 0.300 e. The summed E-state index contributed by atoms with van der Waals surface area (Å²) in [5, 5.41) is -0.308. The summed E-state index contributed by atoms with van der Waals surface area (Å²) in [4.78, 5) is 20.9. The molecule has 3 heterocycles. The van der Waals surface area contributed by atoms with Gasteiger partial charge >= 0.3 is 0 Å². The summed E-state index contributed by atoms with van der Waals surface area (Å²) in [7, 11) is -6.36. The number of halogens is 2. The van der Waals surface area contributed by atoms with Crippen LogP contribution in [0.4, 0.5) is 10.1 Å². The first-order chi connectivity index (χ1) is 18.4. The van der Waals surface area contributed by atoms with Gasteiger partial charge in [-0.05, 0) is 36.4 Å². The molecule has 39 heavy (non-hydrogen) atoms. The zero-order valence-electron chi connectivity index (χ0n) is 20.4. The van der Waals surface area contributed by atoms with Crippen LogP contribution in [0.5, 0.6) is 11.6 Å². The van der Waals surface area contributed by atoms with Gasteiger partial charge in [-0.3, -0.25) is 13.9 Å². The van der Waals surface area contributed by atoms with E-state index in [-0.39, 0.29) is 40.4 Å². The molecule has 0 aliphatic heterocycles. The molecule has 0 unspecified atom stereocenters. The molecule has 0 radical (unpaired) electrons. The van der Waals surface area contributed by atoms with Crippen molar-refractivity contribution in [3.8, 4) is 22.8 Å². The molecule has 4 rings (SSSR count). The van der Waals surface area contributed by atoms with E-state index < -0.39 is 31.4 Å². The molecule has 4 aromatic rings. The van der Waals surface area contributed by atoms with Gasteiger partial charge in [-0.25, -0.2) is 35.9 Å². The molecule has 16 heteroatoms. The van der Waals surface area contributed by atoms with Crippen molar-refractivity contribution in [2.24, 2.45) is 0 Å². The lowest BCUT2D eigenvalue weighted by molar-refractivity contribution is 0.316. The predicted octanol–water partition coefficient (Wildman–Crippen LogP) is 2.29. The summed E-state index contributed by atoms with van der Waals surface area (Å²) in [5.74, 6) is -0.837. The number of methoxy groups -OCH3 is 1. The molecule has 0 atom stereocenters. The Kier molecular flexibility index (Phi) is 8.06. The van der Waals surface area contributed by atoms with Gasteiger partial charge in [-0.15, -0.1) is 0 Å². The maximum absolute atomic E-state index is 13.4.